The molecular weight excluding hydrogens is 340 g/mol. The van der Waals surface area contributed by atoms with Crippen LogP contribution in [0.25, 0.3) is 0 Å². The molecule has 0 amide bonds. The maximum Gasteiger partial charge on any atom is 0.348 e. The van der Waals surface area contributed by atoms with Gasteiger partial charge in [-0.15, -0.1) is 11.3 Å². The molecule has 0 spiro atoms. The van der Waals surface area contributed by atoms with Crippen LogP contribution in [0.1, 0.15) is 52.3 Å². The Labute approximate surface area is 140 Å². The summed E-state index contributed by atoms with van der Waals surface area (Å²) in [4.78, 5) is 36.1. The number of rotatable bonds is 6. The predicted octanol–water partition coefficient (Wildman–Crippen LogP) is 2.11. The Hall–Kier alpha value is -1.54. The van der Waals surface area contributed by atoms with E-state index in [1.807, 2.05) is 0 Å². The zero-order chi connectivity index (χ0) is 17.0. The third kappa shape index (κ3) is 3.87. The Balaban J connectivity index is 2.39. The first kappa shape index (κ1) is 17.8. The van der Waals surface area contributed by atoms with Gasteiger partial charge >= 0.3 is 11.9 Å². The molecule has 6 nitrogen and oxygen atoms in total. The first-order valence-corrected chi connectivity index (χ1v) is 9.53. The lowest BCUT2D eigenvalue weighted by Crippen LogP contribution is -2.17. The standard InChI is InChI=1S/C15H18O6S2/c1-3-20-11(17)8-23(19)15-12-9(6-5-7-10(12)16)13(22-15)14(18)21-4-2/h3-8H2,1-2H3. The van der Waals surface area contributed by atoms with Crippen molar-refractivity contribution in [1.29, 1.82) is 0 Å². The molecule has 1 aliphatic rings. The number of fused-ring (bicyclic) bond motifs is 1. The first-order chi connectivity index (χ1) is 11.0. The first-order valence-electron chi connectivity index (χ1n) is 7.39. The number of ether oxygens (including phenoxy) is 2. The summed E-state index contributed by atoms with van der Waals surface area (Å²) < 4.78 is 22.5. The molecule has 1 aromatic rings. The molecule has 8 heteroatoms. The summed E-state index contributed by atoms with van der Waals surface area (Å²) in [6.45, 7) is 3.78. The highest BCUT2D eigenvalue weighted by atomic mass is 32.2. The molecular formula is C15H18O6S2. The second kappa shape index (κ2) is 7.83. The molecule has 1 heterocycles. The molecule has 0 saturated carbocycles. The van der Waals surface area contributed by atoms with Gasteiger partial charge in [-0.05, 0) is 32.3 Å². The van der Waals surface area contributed by atoms with E-state index in [1.54, 1.807) is 13.8 Å². The maximum absolute atomic E-state index is 12.5. The molecule has 1 unspecified atom stereocenters. The molecule has 1 aromatic heterocycles. The lowest BCUT2D eigenvalue weighted by Gasteiger charge is -2.12. The second-order valence-electron chi connectivity index (χ2n) is 4.86. The van der Waals surface area contributed by atoms with Crippen LogP contribution in [-0.2, 0) is 31.5 Å². The molecule has 126 valence electrons. The largest absolute Gasteiger partial charge is 0.465 e. The van der Waals surface area contributed by atoms with Gasteiger partial charge in [-0.3, -0.25) is 13.8 Å². The molecule has 2 rings (SSSR count). The Kier molecular flexibility index (Phi) is 6.06. The smallest absolute Gasteiger partial charge is 0.348 e. The fourth-order valence-corrected chi connectivity index (χ4v) is 5.10. The Morgan fingerprint density at radius 2 is 1.87 bits per heavy atom. The number of carbonyl (C=O) groups excluding carboxylic acids is 3. The molecule has 0 radical (unpaired) electrons. The van der Waals surface area contributed by atoms with Crippen molar-refractivity contribution in [2.75, 3.05) is 19.0 Å². The SMILES string of the molecule is CCOC(=O)CS(=O)c1sc(C(=O)OCC)c2c1C(=O)CCC2. The minimum absolute atomic E-state index is 0.134. The number of hydrogen-bond acceptors (Lipinski definition) is 7. The zero-order valence-electron chi connectivity index (χ0n) is 13.0. The molecule has 0 aromatic carbocycles. The number of thiophene rings is 1. The topological polar surface area (TPSA) is 86.7 Å². The van der Waals surface area contributed by atoms with Gasteiger partial charge in [-0.1, -0.05) is 0 Å². The van der Waals surface area contributed by atoms with Crippen LogP contribution in [0.15, 0.2) is 4.21 Å². The molecule has 23 heavy (non-hydrogen) atoms. The molecule has 0 fully saturated rings. The van der Waals surface area contributed by atoms with Gasteiger partial charge in [-0.2, -0.15) is 0 Å². The van der Waals surface area contributed by atoms with Crippen LogP contribution in [0.4, 0.5) is 0 Å². The van der Waals surface area contributed by atoms with Crippen molar-refractivity contribution < 1.29 is 28.1 Å². The molecule has 0 bridgehead atoms. The van der Waals surface area contributed by atoms with Crippen LogP contribution >= 0.6 is 11.3 Å². The van der Waals surface area contributed by atoms with Gasteiger partial charge in [0.1, 0.15) is 14.8 Å². The van der Waals surface area contributed by atoms with Crippen LogP contribution < -0.4 is 0 Å². The minimum atomic E-state index is -1.71. The number of esters is 2. The summed E-state index contributed by atoms with van der Waals surface area (Å²) in [7, 11) is -1.71. The van der Waals surface area contributed by atoms with Crippen molar-refractivity contribution in [3.63, 3.8) is 0 Å². The lowest BCUT2D eigenvalue weighted by molar-refractivity contribution is -0.139. The normalized spacial score (nSPS) is 15.0. The lowest BCUT2D eigenvalue weighted by atomic mass is 9.93. The second-order valence-corrected chi connectivity index (χ2v) is 7.53. The fourth-order valence-electron chi connectivity index (χ4n) is 2.41. The van der Waals surface area contributed by atoms with Gasteiger partial charge in [-0.25, -0.2) is 4.79 Å². The number of carbonyl (C=O) groups is 3. The van der Waals surface area contributed by atoms with Gasteiger partial charge in [0, 0.05) is 12.0 Å². The number of hydrogen-bond donors (Lipinski definition) is 0. The van der Waals surface area contributed by atoms with E-state index in [2.05, 4.69) is 0 Å². The van der Waals surface area contributed by atoms with E-state index in [1.165, 1.54) is 0 Å². The Morgan fingerprint density at radius 1 is 1.17 bits per heavy atom. The van der Waals surface area contributed by atoms with Crippen LogP contribution in [0.3, 0.4) is 0 Å². The van der Waals surface area contributed by atoms with E-state index in [9.17, 15) is 18.6 Å². The van der Waals surface area contributed by atoms with E-state index in [0.29, 0.717) is 35.3 Å². The van der Waals surface area contributed by atoms with Crippen molar-refractivity contribution >= 4 is 39.9 Å². The van der Waals surface area contributed by atoms with Crippen LogP contribution in [-0.4, -0.2) is 40.9 Å². The summed E-state index contributed by atoms with van der Waals surface area (Å²) in [6, 6.07) is 0. The third-order valence-electron chi connectivity index (χ3n) is 3.31. The van der Waals surface area contributed by atoms with Gasteiger partial charge in [0.05, 0.1) is 24.0 Å². The van der Waals surface area contributed by atoms with E-state index in [4.69, 9.17) is 9.47 Å². The van der Waals surface area contributed by atoms with Gasteiger partial charge in [0.25, 0.3) is 0 Å². The van der Waals surface area contributed by atoms with Gasteiger partial charge in [0.15, 0.2) is 5.78 Å². The summed E-state index contributed by atoms with van der Waals surface area (Å²) in [6.07, 6.45) is 1.58. The van der Waals surface area contributed by atoms with Crippen LogP contribution in [0, 0.1) is 0 Å². The maximum atomic E-state index is 12.5. The Bertz CT molecular complexity index is 661. The molecule has 0 saturated heterocycles. The zero-order valence-corrected chi connectivity index (χ0v) is 14.6. The molecule has 1 aliphatic carbocycles. The van der Waals surface area contributed by atoms with Crippen LogP contribution in [0.5, 0.6) is 0 Å². The van der Waals surface area contributed by atoms with E-state index >= 15 is 0 Å². The van der Waals surface area contributed by atoms with Gasteiger partial charge < -0.3 is 9.47 Å². The van der Waals surface area contributed by atoms with Crippen molar-refractivity contribution in [3.05, 3.63) is 16.0 Å². The van der Waals surface area contributed by atoms with Gasteiger partial charge in [0.2, 0.25) is 0 Å². The summed E-state index contributed by atoms with van der Waals surface area (Å²) in [5, 5.41) is 0. The average Bonchev–Trinajstić information content (AvgIpc) is 2.89. The summed E-state index contributed by atoms with van der Waals surface area (Å²) in [5.41, 5.74) is 0.948. The number of Topliss-reactive ketones (excluding diaryl/α,β-unsaturated/α-hetero) is 1. The van der Waals surface area contributed by atoms with Crippen molar-refractivity contribution in [1.82, 2.24) is 0 Å². The predicted molar refractivity (Wildman–Crippen MR) is 85.5 cm³/mol. The average molecular weight is 358 g/mol. The Morgan fingerprint density at radius 3 is 2.52 bits per heavy atom. The summed E-state index contributed by atoms with van der Waals surface area (Å²) >= 11 is 0.992. The highest BCUT2D eigenvalue weighted by Crippen LogP contribution is 2.37. The third-order valence-corrected chi connectivity index (χ3v) is 6.24. The van der Waals surface area contributed by atoms with Crippen molar-refractivity contribution in [2.45, 2.75) is 37.3 Å². The summed E-state index contributed by atoms with van der Waals surface area (Å²) in [5.74, 6) is -1.56. The molecule has 1 atom stereocenters. The minimum Gasteiger partial charge on any atom is -0.465 e. The molecule has 0 aliphatic heterocycles. The quantitative estimate of drug-likeness (QED) is 0.724. The van der Waals surface area contributed by atoms with E-state index in [-0.39, 0.29) is 29.0 Å². The number of ketones is 1. The van der Waals surface area contributed by atoms with Crippen LogP contribution in [0.2, 0.25) is 0 Å². The van der Waals surface area contributed by atoms with Crippen molar-refractivity contribution in [2.24, 2.45) is 0 Å². The van der Waals surface area contributed by atoms with Crippen molar-refractivity contribution in [3.8, 4) is 0 Å². The monoisotopic (exact) mass is 358 g/mol. The highest BCUT2D eigenvalue weighted by molar-refractivity contribution is 7.88. The molecule has 0 N–H and O–H groups in total. The fraction of sp³-hybridized carbons (Fsp3) is 0.533. The van der Waals surface area contributed by atoms with E-state index < -0.39 is 22.7 Å². The highest BCUT2D eigenvalue weighted by Gasteiger charge is 2.32. The van der Waals surface area contributed by atoms with E-state index in [0.717, 1.165) is 11.3 Å².